The Morgan fingerprint density at radius 1 is 1.19 bits per heavy atom. The highest BCUT2D eigenvalue weighted by Crippen LogP contribution is 2.14. The molecule has 0 amide bonds. The minimum Gasteiger partial charge on any atom is -0.323 e. The summed E-state index contributed by atoms with van der Waals surface area (Å²) in [6.07, 6.45) is 0. The van der Waals surface area contributed by atoms with Gasteiger partial charge >= 0.3 is 0 Å². The van der Waals surface area contributed by atoms with E-state index in [1.807, 2.05) is 24.3 Å². The maximum Gasteiger partial charge on any atom is 0.222 e. The van der Waals surface area contributed by atoms with Crippen molar-refractivity contribution in [2.24, 2.45) is 5.10 Å². The van der Waals surface area contributed by atoms with Crippen LogP contribution >= 0.6 is 0 Å². The summed E-state index contributed by atoms with van der Waals surface area (Å²) in [7, 11) is 0. The van der Waals surface area contributed by atoms with Crippen LogP contribution in [0.4, 0.5) is 14.7 Å². The molecule has 0 saturated heterocycles. The highest BCUT2D eigenvalue weighted by molar-refractivity contribution is 5.99. The first-order valence-corrected chi connectivity index (χ1v) is 6.34. The summed E-state index contributed by atoms with van der Waals surface area (Å²) in [6, 6.07) is 10.9. The molecular formula is C15H12F2N4. The molecule has 4 nitrogen and oxygen atoms in total. The van der Waals surface area contributed by atoms with E-state index in [9.17, 15) is 8.78 Å². The second-order valence-corrected chi connectivity index (χ2v) is 4.54. The van der Waals surface area contributed by atoms with Gasteiger partial charge in [-0.1, -0.05) is 12.1 Å². The lowest BCUT2D eigenvalue weighted by Gasteiger charge is -2.03. The summed E-state index contributed by atoms with van der Waals surface area (Å²) >= 11 is 0. The number of fused-ring (bicyclic) bond motifs is 1. The monoisotopic (exact) mass is 286 g/mol. The van der Waals surface area contributed by atoms with Gasteiger partial charge in [-0.3, -0.25) is 0 Å². The zero-order chi connectivity index (χ0) is 14.8. The molecule has 1 heterocycles. The van der Waals surface area contributed by atoms with Crippen molar-refractivity contribution in [2.75, 3.05) is 5.43 Å². The number of nitrogens with one attached hydrogen (secondary N) is 2. The number of hydrazone groups is 1. The molecule has 2 N–H and O–H groups in total. The van der Waals surface area contributed by atoms with Crippen LogP contribution in [0.15, 0.2) is 47.6 Å². The van der Waals surface area contributed by atoms with Crippen LogP contribution in [0.1, 0.15) is 12.5 Å². The maximum atomic E-state index is 13.6. The Kier molecular flexibility index (Phi) is 3.35. The predicted molar refractivity (Wildman–Crippen MR) is 78.3 cm³/mol. The number of H-pyrrole nitrogens is 1. The van der Waals surface area contributed by atoms with Gasteiger partial charge in [0.25, 0.3) is 0 Å². The Bertz CT molecular complexity index is 790. The number of rotatable bonds is 3. The lowest BCUT2D eigenvalue weighted by atomic mass is 10.1. The molecule has 0 fully saturated rings. The molecular weight excluding hydrogens is 274 g/mol. The molecule has 0 aliphatic heterocycles. The van der Waals surface area contributed by atoms with E-state index in [1.165, 1.54) is 12.1 Å². The fourth-order valence-corrected chi connectivity index (χ4v) is 1.99. The average molecular weight is 286 g/mol. The summed E-state index contributed by atoms with van der Waals surface area (Å²) in [5.74, 6) is -0.810. The molecule has 106 valence electrons. The van der Waals surface area contributed by atoms with Crippen LogP contribution in [-0.4, -0.2) is 15.7 Å². The molecule has 3 rings (SSSR count). The Labute approximate surface area is 119 Å². The lowest BCUT2D eigenvalue weighted by molar-refractivity contribution is 0.581. The molecule has 6 heteroatoms. The van der Waals surface area contributed by atoms with Crippen LogP contribution in [0.5, 0.6) is 0 Å². The summed E-state index contributed by atoms with van der Waals surface area (Å²) in [5, 5.41) is 4.06. The van der Waals surface area contributed by atoms with Gasteiger partial charge in [0.15, 0.2) is 0 Å². The SMILES string of the molecule is C/C(=N/Nc1nc2ccccc2[nH]1)c1ccc(F)cc1F. The number of anilines is 1. The van der Waals surface area contributed by atoms with E-state index in [-0.39, 0.29) is 5.56 Å². The first-order valence-electron chi connectivity index (χ1n) is 6.34. The third-order valence-corrected chi connectivity index (χ3v) is 3.04. The van der Waals surface area contributed by atoms with Crippen LogP contribution in [0.3, 0.4) is 0 Å². The standard InChI is InChI=1S/C15H12F2N4/c1-9(11-7-6-10(16)8-12(11)17)20-21-15-18-13-4-2-3-5-14(13)19-15/h2-8H,1H3,(H2,18,19,21)/b20-9-. The van der Waals surface area contributed by atoms with Gasteiger partial charge in [-0.05, 0) is 31.2 Å². The number of aromatic amines is 1. The van der Waals surface area contributed by atoms with Crippen LogP contribution in [-0.2, 0) is 0 Å². The van der Waals surface area contributed by atoms with Crippen molar-refractivity contribution in [3.63, 3.8) is 0 Å². The number of imidazole rings is 1. The summed E-state index contributed by atoms with van der Waals surface area (Å²) in [6.45, 7) is 1.63. The molecule has 1 aromatic heterocycles. The molecule has 0 atom stereocenters. The van der Waals surface area contributed by atoms with Gasteiger partial charge in [0.2, 0.25) is 5.95 Å². The number of nitrogens with zero attached hydrogens (tertiary/aromatic N) is 2. The van der Waals surface area contributed by atoms with Crippen molar-refractivity contribution in [2.45, 2.75) is 6.92 Å². The van der Waals surface area contributed by atoms with Crippen LogP contribution < -0.4 is 5.43 Å². The van der Waals surface area contributed by atoms with Crippen LogP contribution in [0, 0.1) is 11.6 Å². The Hall–Kier alpha value is -2.76. The molecule has 0 aliphatic rings. The van der Waals surface area contributed by atoms with E-state index in [1.54, 1.807) is 6.92 Å². The van der Waals surface area contributed by atoms with E-state index in [4.69, 9.17) is 0 Å². The maximum absolute atomic E-state index is 13.6. The van der Waals surface area contributed by atoms with Crippen molar-refractivity contribution >= 4 is 22.7 Å². The van der Waals surface area contributed by atoms with E-state index < -0.39 is 11.6 Å². The molecule has 0 unspecified atom stereocenters. The van der Waals surface area contributed by atoms with Crippen molar-refractivity contribution in [3.8, 4) is 0 Å². The van der Waals surface area contributed by atoms with E-state index in [0.717, 1.165) is 17.1 Å². The van der Waals surface area contributed by atoms with Crippen LogP contribution in [0.2, 0.25) is 0 Å². The molecule has 21 heavy (non-hydrogen) atoms. The fraction of sp³-hybridized carbons (Fsp3) is 0.0667. The minimum absolute atomic E-state index is 0.236. The quantitative estimate of drug-likeness (QED) is 0.570. The number of benzene rings is 2. The van der Waals surface area contributed by atoms with Gasteiger partial charge in [0.1, 0.15) is 11.6 Å². The van der Waals surface area contributed by atoms with Gasteiger partial charge in [-0.25, -0.2) is 19.2 Å². The highest BCUT2D eigenvalue weighted by atomic mass is 19.1. The normalized spacial score (nSPS) is 11.9. The topological polar surface area (TPSA) is 53.1 Å². The van der Waals surface area contributed by atoms with E-state index in [0.29, 0.717) is 11.7 Å². The molecule has 0 bridgehead atoms. The second kappa shape index (κ2) is 5.32. The van der Waals surface area contributed by atoms with Gasteiger partial charge < -0.3 is 4.98 Å². The first-order chi connectivity index (χ1) is 10.1. The van der Waals surface area contributed by atoms with Gasteiger partial charge in [0.05, 0.1) is 16.7 Å². The molecule has 0 radical (unpaired) electrons. The van der Waals surface area contributed by atoms with E-state index in [2.05, 4.69) is 20.5 Å². The Balaban J connectivity index is 1.84. The second-order valence-electron chi connectivity index (χ2n) is 4.54. The summed E-state index contributed by atoms with van der Waals surface area (Å²) in [4.78, 5) is 7.33. The molecule has 3 aromatic rings. The number of aromatic nitrogens is 2. The smallest absolute Gasteiger partial charge is 0.222 e. The van der Waals surface area contributed by atoms with Gasteiger partial charge in [-0.2, -0.15) is 5.10 Å². The predicted octanol–water partition coefficient (Wildman–Crippen LogP) is 3.68. The van der Waals surface area contributed by atoms with Gasteiger partial charge in [-0.15, -0.1) is 0 Å². The summed E-state index contributed by atoms with van der Waals surface area (Å²) < 4.78 is 26.5. The third-order valence-electron chi connectivity index (χ3n) is 3.04. The molecule has 2 aromatic carbocycles. The number of hydrogen-bond acceptors (Lipinski definition) is 3. The van der Waals surface area contributed by atoms with Crippen molar-refractivity contribution in [1.82, 2.24) is 9.97 Å². The van der Waals surface area contributed by atoms with Crippen molar-refractivity contribution in [3.05, 3.63) is 59.7 Å². The third kappa shape index (κ3) is 2.74. The van der Waals surface area contributed by atoms with Gasteiger partial charge in [0, 0.05) is 11.6 Å². The molecule has 0 saturated carbocycles. The largest absolute Gasteiger partial charge is 0.323 e. The van der Waals surface area contributed by atoms with Crippen LogP contribution in [0.25, 0.3) is 11.0 Å². The zero-order valence-electron chi connectivity index (χ0n) is 11.2. The average Bonchev–Trinajstić information content (AvgIpc) is 2.87. The number of para-hydroxylation sites is 2. The Morgan fingerprint density at radius 3 is 2.76 bits per heavy atom. The highest BCUT2D eigenvalue weighted by Gasteiger charge is 2.07. The number of halogens is 2. The lowest BCUT2D eigenvalue weighted by Crippen LogP contribution is -2.03. The fourth-order valence-electron chi connectivity index (χ4n) is 1.99. The molecule has 0 spiro atoms. The van der Waals surface area contributed by atoms with Crippen molar-refractivity contribution < 1.29 is 8.78 Å². The first kappa shape index (κ1) is 13.2. The minimum atomic E-state index is -0.650. The van der Waals surface area contributed by atoms with E-state index >= 15 is 0 Å². The number of hydrogen-bond donors (Lipinski definition) is 2. The summed E-state index contributed by atoms with van der Waals surface area (Å²) in [5.41, 5.74) is 5.05. The Morgan fingerprint density at radius 2 is 2.00 bits per heavy atom. The molecule has 0 aliphatic carbocycles. The van der Waals surface area contributed by atoms with Crippen molar-refractivity contribution in [1.29, 1.82) is 0 Å². The zero-order valence-corrected chi connectivity index (χ0v) is 11.2.